The van der Waals surface area contributed by atoms with Gasteiger partial charge in [-0.1, -0.05) is 18.2 Å². The molecule has 1 saturated carbocycles. The molecule has 3 N–H and O–H groups in total. The van der Waals surface area contributed by atoms with Gasteiger partial charge in [0.2, 0.25) is 5.91 Å². The highest BCUT2D eigenvalue weighted by molar-refractivity contribution is 7.80. The first-order valence-electron chi connectivity index (χ1n) is 6.52. The number of nitrogens with zero attached hydrogens (tertiary/aromatic N) is 1. The van der Waals surface area contributed by atoms with Gasteiger partial charge < -0.3 is 16.0 Å². The zero-order chi connectivity index (χ0) is 13.4. The number of hydrogen-bond donors (Lipinski definition) is 2. The Hall–Kier alpha value is -1.62. The van der Waals surface area contributed by atoms with Gasteiger partial charge in [-0.25, -0.2) is 0 Å². The summed E-state index contributed by atoms with van der Waals surface area (Å²) in [5.41, 5.74) is 7.67. The molecule has 5 heteroatoms. The van der Waals surface area contributed by atoms with Crippen LogP contribution in [0.2, 0.25) is 0 Å². The van der Waals surface area contributed by atoms with Crippen LogP contribution in [0.5, 0.6) is 0 Å². The lowest BCUT2D eigenvalue weighted by atomic mass is 9.92. The Labute approximate surface area is 118 Å². The molecule has 1 aromatic carbocycles. The quantitative estimate of drug-likeness (QED) is 0.787. The average molecular weight is 274 g/mol. The SMILES string of the molecule is NC(=O)C1c2cc[c]cc2CCN1C(=S)NC1CC1. The third kappa shape index (κ3) is 2.42. The molecular formula is C14H16N3OS. The van der Waals surface area contributed by atoms with Crippen molar-refractivity contribution in [1.82, 2.24) is 10.2 Å². The number of thiocarbonyl (C=S) groups is 1. The number of carbonyl (C=O) groups excluding carboxylic acids is 1. The van der Waals surface area contributed by atoms with E-state index in [0.717, 1.165) is 36.9 Å². The van der Waals surface area contributed by atoms with Crippen LogP contribution in [0.3, 0.4) is 0 Å². The van der Waals surface area contributed by atoms with Gasteiger partial charge in [0.25, 0.3) is 0 Å². The summed E-state index contributed by atoms with van der Waals surface area (Å²) in [7, 11) is 0. The van der Waals surface area contributed by atoms with Crippen LogP contribution in [0.1, 0.15) is 30.0 Å². The predicted octanol–water partition coefficient (Wildman–Crippen LogP) is 0.908. The lowest BCUT2D eigenvalue weighted by Crippen LogP contribution is -2.50. The Morgan fingerprint density at radius 3 is 3.00 bits per heavy atom. The topological polar surface area (TPSA) is 58.4 Å². The maximum absolute atomic E-state index is 11.8. The Morgan fingerprint density at radius 2 is 2.32 bits per heavy atom. The van der Waals surface area contributed by atoms with Crippen molar-refractivity contribution in [3.63, 3.8) is 0 Å². The van der Waals surface area contributed by atoms with Gasteiger partial charge in [-0.3, -0.25) is 4.79 Å². The molecule has 1 fully saturated rings. The minimum absolute atomic E-state index is 0.355. The van der Waals surface area contributed by atoms with Crippen LogP contribution < -0.4 is 11.1 Å². The number of fused-ring (bicyclic) bond motifs is 1. The summed E-state index contributed by atoms with van der Waals surface area (Å²) in [6.07, 6.45) is 3.17. The molecule has 1 amide bonds. The Balaban J connectivity index is 1.89. The smallest absolute Gasteiger partial charge is 0.244 e. The van der Waals surface area contributed by atoms with Crippen molar-refractivity contribution in [2.45, 2.75) is 31.3 Å². The van der Waals surface area contributed by atoms with Gasteiger partial charge in [0, 0.05) is 12.6 Å². The monoisotopic (exact) mass is 274 g/mol. The molecule has 1 atom stereocenters. The number of benzene rings is 1. The predicted molar refractivity (Wildman–Crippen MR) is 76.4 cm³/mol. The van der Waals surface area contributed by atoms with Crippen LogP contribution in [0.15, 0.2) is 18.2 Å². The number of rotatable bonds is 2. The molecule has 4 nitrogen and oxygen atoms in total. The van der Waals surface area contributed by atoms with E-state index in [-0.39, 0.29) is 5.91 Å². The largest absolute Gasteiger partial charge is 0.368 e. The average Bonchev–Trinajstić information content (AvgIpc) is 3.21. The molecule has 1 unspecified atom stereocenters. The second-order valence-electron chi connectivity index (χ2n) is 5.10. The van der Waals surface area contributed by atoms with Crippen LogP contribution >= 0.6 is 12.2 Å². The van der Waals surface area contributed by atoms with E-state index in [4.69, 9.17) is 18.0 Å². The summed E-state index contributed by atoms with van der Waals surface area (Å²) < 4.78 is 0. The first-order chi connectivity index (χ1) is 9.16. The van der Waals surface area contributed by atoms with Gasteiger partial charge in [-0.2, -0.15) is 0 Å². The minimum Gasteiger partial charge on any atom is -0.368 e. The molecule has 3 rings (SSSR count). The molecule has 1 aliphatic heterocycles. The highest BCUT2D eigenvalue weighted by Gasteiger charge is 2.34. The molecule has 1 aliphatic carbocycles. The van der Waals surface area contributed by atoms with E-state index in [2.05, 4.69) is 11.4 Å². The van der Waals surface area contributed by atoms with E-state index in [0.29, 0.717) is 11.2 Å². The second kappa shape index (κ2) is 4.81. The molecule has 0 aromatic heterocycles. The molecule has 1 aromatic rings. The van der Waals surface area contributed by atoms with E-state index in [1.54, 1.807) is 0 Å². The second-order valence-corrected chi connectivity index (χ2v) is 5.48. The van der Waals surface area contributed by atoms with Crippen molar-refractivity contribution in [1.29, 1.82) is 0 Å². The Kier molecular flexibility index (Phi) is 3.14. The van der Waals surface area contributed by atoms with Gasteiger partial charge >= 0.3 is 0 Å². The summed E-state index contributed by atoms with van der Waals surface area (Å²) in [6.45, 7) is 0.719. The van der Waals surface area contributed by atoms with Crippen molar-refractivity contribution in [2.75, 3.05) is 6.54 Å². The molecule has 99 valence electrons. The van der Waals surface area contributed by atoms with Crippen molar-refractivity contribution < 1.29 is 4.79 Å². The standard InChI is InChI=1S/C14H16N3OS/c15-13(18)12-11-4-2-1-3-9(11)7-8-17(12)14(19)16-10-5-6-10/h2-4,10,12H,5-8H2,(H2,15,18)(H,16,19). The van der Waals surface area contributed by atoms with Crippen molar-refractivity contribution in [3.05, 3.63) is 35.4 Å². The first kappa shape index (κ1) is 12.4. The zero-order valence-corrected chi connectivity index (χ0v) is 11.4. The fourth-order valence-electron chi connectivity index (χ4n) is 2.51. The fraction of sp³-hybridized carbons (Fsp3) is 0.429. The molecule has 0 bridgehead atoms. The van der Waals surface area contributed by atoms with E-state index in [9.17, 15) is 4.79 Å². The Morgan fingerprint density at radius 1 is 1.53 bits per heavy atom. The van der Waals surface area contributed by atoms with E-state index >= 15 is 0 Å². The van der Waals surface area contributed by atoms with Crippen LogP contribution in [-0.2, 0) is 11.2 Å². The normalized spacial score (nSPS) is 21.7. The lowest BCUT2D eigenvalue weighted by molar-refractivity contribution is -0.122. The zero-order valence-electron chi connectivity index (χ0n) is 10.6. The molecule has 0 saturated heterocycles. The third-order valence-corrected chi connectivity index (χ3v) is 4.00. The van der Waals surface area contributed by atoms with Crippen molar-refractivity contribution >= 4 is 23.2 Å². The summed E-state index contributed by atoms with van der Waals surface area (Å²) in [5, 5.41) is 3.92. The van der Waals surface area contributed by atoms with E-state index < -0.39 is 6.04 Å². The van der Waals surface area contributed by atoms with Gasteiger partial charge in [0.15, 0.2) is 5.11 Å². The van der Waals surface area contributed by atoms with Crippen LogP contribution in [0, 0.1) is 6.07 Å². The third-order valence-electron chi connectivity index (χ3n) is 3.65. The highest BCUT2D eigenvalue weighted by atomic mass is 32.1. The summed E-state index contributed by atoms with van der Waals surface area (Å²) in [4.78, 5) is 13.7. The van der Waals surface area contributed by atoms with Gasteiger partial charge in [0.05, 0.1) is 0 Å². The van der Waals surface area contributed by atoms with Gasteiger partial charge in [-0.05, 0) is 48.7 Å². The number of primary amides is 1. The molecular weight excluding hydrogens is 258 g/mol. The van der Waals surface area contributed by atoms with Crippen molar-refractivity contribution in [2.24, 2.45) is 5.73 Å². The van der Waals surface area contributed by atoms with E-state index in [1.165, 1.54) is 0 Å². The van der Waals surface area contributed by atoms with Gasteiger partial charge in [0.1, 0.15) is 6.04 Å². The Bertz CT molecular complexity index is 527. The lowest BCUT2D eigenvalue weighted by Gasteiger charge is -2.37. The number of amides is 1. The molecule has 0 spiro atoms. The molecule has 1 radical (unpaired) electrons. The van der Waals surface area contributed by atoms with Gasteiger partial charge in [-0.15, -0.1) is 0 Å². The minimum atomic E-state index is -0.461. The van der Waals surface area contributed by atoms with E-state index in [1.807, 2.05) is 23.1 Å². The maximum Gasteiger partial charge on any atom is 0.244 e. The summed E-state index contributed by atoms with van der Waals surface area (Å²) >= 11 is 5.41. The first-order valence-corrected chi connectivity index (χ1v) is 6.93. The van der Waals surface area contributed by atoms with Crippen LogP contribution in [-0.4, -0.2) is 28.5 Å². The number of nitrogens with one attached hydrogen (secondary N) is 1. The number of nitrogens with two attached hydrogens (primary N) is 1. The van der Waals surface area contributed by atoms with Crippen LogP contribution in [0.4, 0.5) is 0 Å². The summed E-state index contributed by atoms with van der Waals surface area (Å²) in [6, 6.07) is 8.72. The number of carbonyl (C=O) groups is 1. The highest BCUT2D eigenvalue weighted by Crippen LogP contribution is 2.30. The summed E-state index contributed by atoms with van der Waals surface area (Å²) in [5.74, 6) is -0.355. The van der Waals surface area contributed by atoms with Crippen molar-refractivity contribution in [3.8, 4) is 0 Å². The maximum atomic E-state index is 11.8. The molecule has 2 aliphatic rings. The molecule has 19 heavy (non-hydrogen) atoms. The fourth-order valence-corrected chi connectivity index (χ4v) is 2.87. The van der Waals surface area contributed by atoms with Crippen LogP contribution in [0.25, 0.3) is 0 Å². The number of hydrogen-bond acceptors (Lipinski definition) is 2. The molecule has 1 heterocycles.